The predicted octanol–water partition coefficient (Wildman–Crippen LogP) is 3.29. The second-order valence-electron chi connectivity index (χ2n) is 5.34. The summed E-state index contributed by atoms with van der Waals surface area (Å²) in [4.78, 5) is 0.218. The van der Waals surface area contributed by atoms with Crippen LogP contribution in [-0.2, 0) is 10.0 Å². The van der Waals surface area contributed by atoms with Crippen molar-refractivity contribution in [1.29, 1.82) is 0 Å². The smallest absolute Gasteiger partial charge is 0.262 e. The van der Waals surface area contributed by atoms with Gasteiger partial charge in [0.15, 0.2) is 5.82 Å². The highest BCUT2D eigenvalue weighted by molar-refractivity contribution is 7.92. The third kappa shape index (κ3) is 3.27. The Bertz CT molecular complexity index is 914. The summed E-state index contributed by atoms with van der Waals surface area (Å²) in [6.45, 7) is 3.79. The third-order valence-corrected chi connectivity index (χ3v) is 4.83. The molecule has 0 spiro atoms. The van der Waals surface area contributed by atoms with E-state index < -0.39 is 10.0 Å². The molecule has 3 rings (SSSR count). The van der Waals surface area contributed by atoms with Gasteiger partial charge in [-0.3, -0.25) is 4.72 Å². The summed E-state index contributed by atoms with van der Waals surface area (Å²) in [6.07, 6.45) is 0. The fraction of sp³-hybridized carbons (Fsp3) is 0.118. The van der Waals surface area contributed by atoms with E-state index in [1.54, 1.807) is 35.0 Å². The molecule has 1 aromatic heterocycles. The largest absolute Gasteiger partial charge is 0.263 e. The van der Waals surface area contributed by atoms with Gasteiger partial charge >= 0.3 is 0 Å². The number of hydrogen-bond acceptors (Lipinski definition) is 3. The molecule has 1 N–H and O–H groups in total. The summed E-state index contributed by atoms with van der Waals surface area (Å²) < 4.78 is 29.0. The van der Waals surface area contributed by atoms with Crippen molar-refractivity contribution >= 4 is 15.8 Å². The average Bonchev–Trinajstić information content (AvgIpc) is 2.88. The molecule has 0 aliphatic carbocycles. The van der Waals surface area contributed by atoms with E-state index in [2.05, 4.69) is 9.82 Å². The molecule has 0 radical (unpaired) electrons. The number of aryl methyl sites for hydroxylation is 2. The number of nitrogens with one attached hydrogen (secondary N) is 1. The number of aromatic nitrogens is 2. The number of para-hydroxylation sites is 1. The van der Waals surface area contributed by atoms with E-state index in [9.17, 15) is 8.42 Å². The average molecular weight is 327 g/mol. The van der Waals surface area contributed by atoms with Crippen LogP contribution >= 0.6 is 0 Å². The van der Waals surface area contributed by atoms with Crippen molar-refractivity contribution in [2.45, 2.75) is 18.7 Å². The minimum atomic E-state index is -3.64. The van der Waals surface area contributed by atoms with Crippen molar-refractivity contribution in [3.05, 3.63) is 71.9 Å². The molecule has 0 atom stereocenters. The van der Waals surface area contributed by atoms with E-state index >= 15 is 0 Å². The van der Waals surface area contributed by atoms with Crippen LogP contribution in [0.3, 0.4) is 0 Å². The zero-order valence-electron chi connectivity index (χ0n) is 12.9. The van der Waals surface area contributed by atoms with E-state index in [0.29, 0.717) is 5.82 Å². The summed E-state index contributed by atoms with van der Waals surface area (Å²) in [5.74, 6) is 0.298. The Morgan fingerprint density at radius 2 is 1.61 bits per heavy atom. The highest BCUT2D eigenvalue weighted by Crippen LogP contribution is 2.19. The lowest BCUT2D eigenvalue weighted by Crippen LogP contribution is -2.13. The fourth-order valence-corrected chi connectivity index (χ4v) is 3.26. The van der Waals surface area contributed by atoms with Gasteiger partial charge in [-0.2, -0.15) is 0 Å². The molecule has 0 aliphatic rings. The van der Waals surface area contributed by atoms with Gasteiger partial charge in [0, 0.05) is 11.8 Å². The van der Waals surface area contributed by atoms with Crippen molar-refractivity contribution < 1.29 is 8.42 Å². The highest BCUT2D eigenvalue weighted by atomic mass is 32.2. The molecule has 1 heterocycles. The second kappa shape index (κ2) is 5.89. The maximum Gasteiger partial charge on any atom is 0.263 e. The molecule has 6 heteroatoms. The van der Waals surface area contributed by atoms with Crippen LogP contribution in [0.5, 0.6) is 0 Å². The first-order chi connectivity index (χ1) is 11.0. The van der Waals surface area contributed by atoms with Crippen LogP contribution in [0.25, 0.3) is 5.69 Å². The molecule has 0 unspecified atom stereocenters. The SMILES string of the molecule is Cc1ccc(S(=O)(=O)Nc2cc(C)n(-c3ccccc3)n2)cc1. The molecular weight excluding hydrogens is 310 g/mol. The molecular formula is C17H17N3O2S. The molecule has 0 fully saturated rings. The first kappa shape index (κ1) is 15.3. The molecule has 5 nitrogen and oxygen atoms in total. The van der Waals surface area contributed by atoms with Gasteiger partial charge in [0.2, 0.25) is 0 Å². The number of hydrogen-bond donors (Lipinski definition) is 1. The second-order valence-corrected chi connectivity index (χ2v) is 7.02. The Kier molecular flexibility index (Phi) is 3.92. The lowest BCUT2D eigenvalue weighted by molar-refractivity contribution is 0.601. The van der Waals surface area contributed by atoms with Crippen molar-refractivity contribution in [2.24, 2.45) is 0 Å². The minimum absolute atomic E-state index is 0.218. The number of sulfonamides is 1. The van der Waals surface area contributed by atoms with E-state index in [0.717, 1.165) is 16.9 Å². The summed E-state index contributed by atoms with van der Waals surface area (Å²) in [5.41, 5.74) is 2.73. The van der Waals surface area contributed by atoms with Crippen molar-refractivity contribution in [2.75, 3.05) is 4.72 Å². The molecule has 0 amide bonds. The van der Waals surface area contributed by atoms with E-state index in [1.807, 2.05) is 44.2 Å². The van der Waals surface area contributed by atoms with Gasteiger partial charge in [0.25, 0.3) is 10.0 Å². The van der Waals surface area contributed by atoms with Gasteiger partial charge in [-0.1, -0.05) is 35.9 Å². The van der Waals surface area contributed by atoms with Crippen molar-refractivity contribution in [3.8, 4) is 5.69 Å². The van der Waals surface area contributed by atoms with Crippen LogP contribution in [0.15, 0.2) is 65.6 Å². The van der Waals surface area contributed by atoms with Crippen molar-refractivity contribution in [3.63, 3.8) is 0 Å². The van der Waals surface area contributed by atoms with Crippen LogP contribution in [0, 0.1) is 13.8 Å². The van der Waals surface area contributed by atoms with Crippen LogP contribution in [0.1, 0.15) is 11.3 Å². The summed E-state index contributed by atoms with van der Waals surface area (Å²) in [7, 11) is -3.64. The first-order valence-corrected chi connectivity index (χ1v) is 8.65. The molecule has 23 heavy (non-hydrogen) atoms. The lowest BCUT2D eigenvalue weighted by Gasteiger charge is -2.06. The molecule has 0 saturated heterocycles. The molecule has 118 valence electrons. The van der Waals surface area contributed by atoms with Gasteiger partial charge in [-0.05, 0) is 38.1 Å². The normalized spacial score (nSPS) is 11.4. The Morgan fingerprint density at radius 3 is 2.26 bits per heavy atom. The van der Waals surface area contributed by atoms with Crippen LogP contribution in [-0.4, -0.2) is 18.2 Å². The summed E-state index contributed by atoms with van der Waals surface area (Å²) >= 11 is 0. The fourth-order valence-electron chi connectivity index (χ4n) is 2.27. The van der Waals surface area contributed by atoms with Gasteiger partial charge in [-0.25, -0.2) is 13.1 Å². The van der Waals surface area contributed by atoms with Gasteiger partial charge in [0.1, 0.15) is 0 Å². The van der Waals surface area contributed by atoms with E-state index in [1.165, 1.54) is 0 Å². The molecule has 2 aromatic carbocycles. The molecule has 3 aromatic rings. The zero-order valence-corrected chi connectivity index (χ0v) is 13.7. The van der Waals surface area contributed by atoms with Crippen LogP contribution in [0.2, 0.25) is 0 Å². The molecule has 0 saturated carbocycles. The maximum atomic E-state index is 12.4. The third-order valence-electron chi connectivity index (χ3n) is 3.46. The zero-order chi connectivity index (χ0) is 16.4. The number of benzene rings is 2. The lowest BCUT2D eigenvalue weighted by atomic mass is 10.2. The number of anilines is 1. The minimum Gasteiger partial charge on any atom is -0.262 e. The summed E-state index contributed by atoms with van der Waals surface area (Å²) in [5, 5.41) is 4.33. The van der Waals surface area contributed by atoms with Crippen LogP contribution < -0.4 is 4.72 Å². The Labute approximate surface area is 135 Å². The quantitative estimate of drug-likeness (QED) is 0.800. The Hall–Kier alpha value is -2.60. The van der Waals surface area contributed by atoms with Crippen molar-refractivity contribution in [1.82, 2.24) is 9.78 Å². The Balaban J connectivity index is 1.90. The van der Waals surface area contributed by atoms with Crippen LogP contribution in [0.4, 0.5) is 5.82 Å². The van der Waals surface area contributed by atoms with E-state index in [4.69, 9.17) is 0 Å². The van der Waals surface area contributed by atoms with Gasteiger partial charge in [-0.15, -0.1) is 5.10 Å². The van der Waals surface area contributed by atoms with Gasteiger partial charge < -0.3 is 0 Å². The molecule has 0 aliphatic heterocycles. The van der Waals surface area contributed by atoms with E-state index in [-0.39, 0.29) is 4.90 Å². The molecule has 0 bridgehead atoms. The monoisotopic (exact) mass is 327 g/mol. The topological polar surface area (TPSA) is 64.0 Å². The Morgan fingerprint density at radius 1 is 0.957 bits per heavy atom. The highest BCUT2D eigenvalue weighted by Gasteiger charge is 2.16. The predicted molar refractivity (Wildman–Crippen MR) is 90.3 cm³/mol. The number of rotatable bonds is 4. The standard InChI is InChI=1S/C17H17N3O2S/c1-13-8-10-16(11-9-13)23(21,22)19-17-12-14(2)20(18-17)15-6-4-3-5-7-15/h3-12H,1-2H3,(H,18,19). The summed E-state index contributed by atoms with van der Waals surface area (Å²) in [6, 6.07) is 18.0. The maximum absolute atomic E-state index is 12.4. The number of nitrogens with zero attached hydrogens (tertiary/aromatic N) is 2. The first-order valence-electron chi connectivity index (χ1n) is 7.17. The van der Waals surface area contributed by atoms with Gasteiger partial charge in [0.05, 0.1) is 10.6 Å².